The molecule has 6 unspecified atom stereocenters. The van der Waals surface area contributed by atoms with Gasteiger partial charge < -0.3 is 27.6 Å². The smallest absolute Gasteiger partial charge is 0.215 e. The van der Waals surface area contributed by atoms with E-state index in [2.05, 4.69) is 0 Å². The number of para-hydroxylation sites is 2. The fraction of sp³-hybridized carbons (Fsp3) is 0.333. The SMILES string of the molecule is c1ccc(OPOC2COC3C(OPOc4ccccc4)COC23)cc1. The zero-order valence-corrected chi connectivity index (χ0v) is 15.9. The molecule has 2 fully saturated rings. The molecule has 2 aliphatic heterocycles. The molecule has 0 bridgehead atoms. The Bertz CT molecular complexity index is 614. The van der Waals surface area contributed by atoms with Crippen LogP contribution in [0.3, 0.4) is 0 Å². The lowest BCUT2D eigenvalue weighted by molar-refractivity contribution is 0.0231. The lowest BCUT2D eigenvalue weighted by Gasteiger charge is -2.17. The first-order chi connectivity index (χ1) is 12.9. The van der Waals surface area contributed by atoms with Crippen LogP contribution in [0.5, 0.6) is 11.5 Å². The minimum absolute atomic E-state index is 0.0994. The van der Waals surface area contributed by atoms with Gasteiger partial charge in [-0.2, -0.15) is 0 Å². The van der Waals surface area contributed by atoms with Gasteiger partial charge in [0.1, 0.15) is 35.9 Å². The van der Waals surface area contributed by atoms with Crippen LogP contribution in [0, 0.1) is 0 Å². The molecular formula is C18H20O6P2. The molecule has 6 atom stereocenters. The number of rotatable bonds is 8. The van der Waals surface area contributed by atoms with Crippen molar-refractivity contribution in [1.82, 2.24) is 0 Å². The largest absolute Gasteiger partial charge is 0.450 e. The third-order valence-corrected chi connectivity index (χ3v) is 5.60. The maximum Gasteiger partial charge on any atom is 0.215 e. The van der Waals surface area contributed by atoms with Crippen molar-refractivity contribution >= 4 is 18.1 Å². The van der Waals surface area contributed by atoms with E-state index in [1.54, 1.807) is 0 Å². The minimum Gasteiger partial charge on any atom is -0.450 e. The highest BCUT2D eigenvalue weighted by molar-refractivity contribution is 7.27. The molecule has 0 amide bonds. The first-order valence-corrected chi connectivity index (χ1v) is 10.0. The van der Waals surface area contributed by atoms with Crippen molar-refractivity contribution in [3.8, 4) is 11.5 Å². The first-order valence-electron chi connectivity index (χ1n) is 8.38. The third-order valence-electron chi connectivity index (χ3n) is 4.17. The lowest BCUT2D eigenvalue weighted by Crippen LogP contribution is -2.32. The van der Waals surface area contributed by atoms with E-state index in [1.807, 2.05) is 60.7 Å². The number of hydrogen-bond acceptors (Lipinski definition) is 6. The van der Waals surface area contributed by atoms with Gasteiger partial charge in [0.05, 0.1) is 13.2 Å². The number of benzene rings is 2. The molecule has 0 aromatic heterocycles. The first kappa shape index (κ1) is 18.1. The molecule has 0 saturated carbocycles. The van der Waals surface area contributed by atoms with E-state index in [1.165, 1.54) is 0 Å². The molecule has 2 heterocycles. The van der Waals surface area contributed by atoms with Crippen LogP contribution in [-0.2, 0) is 18.5 Å². The predicted octanol–water partition coefficient (Wildman–Crippen LogP) is 3.73. The lowest BCUT2D eigenvalue weighted by atomic mass is 10.1. The second kappa shape index (κ2) is 9.09. The molecule has 2 saturated heterocycles. The Hall–Kier alpha value is -1.26. The van der Waals surface area contributed by atoms with Crippen LogP contribution in [0.25, 0.3) is 0 Å². The predicted molar refractivity (Wildman–Crippen MR) is 100.0 cm³/mol. The molecule has 2 aromatic carbocycles. The van der Waals surface area contributed by atoms with Crippen molar-refractivity contribution in [2.75, 3.05) is 13.2 Å². The number of fused-ring (bicyclic) bond motifs is 1. The van der Waals surface area contributed by atoms with Crippen molar-refractivity contribution in [3.05, 3.63) is 60.7 Å². The highest BCUT2D eigenvalue weighted by Gasteiger charge is 2.49. The fourth-order valence-electron chi connectivity index (χ4n) is 2.88. The maximum atomic E-state index is 5.83. The van der Waals surface area contributed by atoms with Gasteiger partial charge in [0.2, 0.25) is 18.1 Å². The third kappa shape index (κ3) is 4.52. The standard InChI is InChI=1S/C18H20O6P2/c1-3-7-13(8-4-1)21-25-23-15-11-19-18-16(12-20-17(15)18)24-26-22-14-9-5-2-6-10-14/h1-10,15-18,25-26H,11-12H2. The van der Waals surface area contributed by atoms with Crippen molar-refractivity contribution in [3.63, 3.8) is 0 Å². The fourth-order valence-corrected chi connectivity index (χ4v) is 4.09. The summed E-state index contributed by atoms with van der Waals surface area (Å²) < 4.78 is 34.5. The van der Waals surface area contributed by atoms with Gasteiger partial charge in [0.25, 0.3) is 0 Å². The summed E-state index contributed by atoms with van der Waals surface area (Å²) in [6, 6.07) is 19.2. The average Bonchev–Trinajstić information content (AvgIpc) is 3.27. The molecular weight excluding hydrogens is 374 g/mol. The molecule has 8 heteroatoms. The Morgan fingerprint density at radius 2 is 1.08 bits per heavy atom. The molecule has 0 radical (unpaired) electrons. The Morgan fingerprint density at radius 3 is 1.50 bits per heavy atom. The summed E-state index contributed by atoms with van der Waals surface area (Å²) >= 11 is 0. The van der Waals surface area contributed by atoms with E-state index in [0.29, 0.717) is 13.2 Å². The number of hydrogen-bond donors (Lipinski definition) is 0. The molecule has 0 aliphatic carbocycles. The van der Waals surface area contributed by atoms with Crippen LogP contribution in [-0.4, -0.2) is 37.6 Å². The summed E-state index contributed by atoms with van der Waals surface area (Å²) in [5, 5.41) is 0. The molecule has 2 aliphatic rings. The van der Waals surface area contributed by atoms with Gasteiger partial charge in [-0.3, -0.25) is 0 Å². The Balaban J connectivity index is 1.20. The van der Waals surface area contributed by atoms with Crippen LogP contribution in [0.2, 0.25) is 0 Å². The van der Waals surface area contributed by atoms with E-state index in [4.69, 9.17) is 27.6 Å². The van der Waals surface area contributed by atoms with Gasteiger partial charge >= 0.3 is 0 Å². The van der Waals surface area contributed by atoms with Crippen LogP contribution < -0.4 is 9.05 Å². The highest BCUT2D eigenvalue weighted by Crippen LogP contribution is 2.36. The van der Waals surface area contributed by atoms with E-state index in [-0.39, 0.29) is 42.5 Å². The van der Waals surface area contributed by atoms with Crippen LogP contribution in [0.1, 0.15) is 0 Å². The Morgan fingerprint density at radius 1 is 0.654 bits per heavy atom. The summed E-state index contributed by atoms with van der Waals surface area (Å²) in [4.78, 5) is 0. The quantitative estimate of drug-likeness (QED) is 0.636. The van der Waals surface area contributed by atoms with Crippen molar-refractivity contribution in [2.24, 2.45) is 0 Å². The van der Waals surface area contributed by atoms with Crippen molar-refractivity contribution in [2.45, 2.75) is 24.4 Å². The normalized spacial score (nSPS) is 28.2. The maximum absolute atomic E-state index is 5.83. The summed E-state index contributed by atoms with van der Waals surface area (Å²) in [5.74, 6) is 1.57. The van der Waals surface area contributed by atoms with Gasteiger partial charge in [-0.1, -0.05) is 36.4 Å². The zero-order chi connectivity index (χ0) is 17.6. The molecule has 2 aromatic rings. The summed E-state index contributed by atoms with van der Waals surface area (Å²) in [5.41, 5.74) is 0. The van der Waals surface area contributed by atoms with E-state index < -0.39 is 0 Å². The van der Waals surface area contributed by atoms with Crippen LogP contribution >= 0.6 is 18.1 Å². The zero-order valence-electron chi connectivity index (χ0n) is 13.9. The van der Waals surface area contributed by atoms with E-state index >= 15 is 0 Å². The topological polar surface area (TPSA) is 55.4 Å². The van der Waals surface area contributed by atoms with Crippen LogP contribution in [0.15, 0.2) is 60.7 Å². The second-order valence-corrected chi connectivity index (χ2v) is 7.12. The monoisotopic (exact) mass is 394 g/mol. The highest BCUT2D eigenvalue weighted by atomic mass is 31.1. The molecule has 6 nitrogen and oxygen atoms in total. The van der Waals surface area contributed by atoms with Gasteiger partial charge in [0.15, 0.2) is 0 Å². The molecule has 4 rings (SSSR count). The molecule has 0 spiro atoms. The van der Waals surface area contributed by atoms with Crippen LogP contribution in [0.4, 0.5) is 0 Å². The van der Waals surface area contributed by atoms with Gasteiger partial charge in [-0.25, -0.2) is 0 Å². The molecule has 138 valence electrons. The Kier molecular flexibility index (Phi) is 6.34. The molecule has 0 N–H and O–H groups in total. The Labute approximate surface area is 156 Å². The van der Waals surface area contributed by atoms with E-state index in [9.17, 15) is 0 Å². The van der Waals surface area contributed by atoms with Gasteiger partial charge in [-0.05, 0) is 24.3 Å². The summed E-state index contributed by atoms with van der Waals surface area (Å²) in [6.07, 6.45) is -0.551. The van der Waals surface area contributed by atoms with Crippen molar-refractivity contribution in [1.29, 1.82) is 0 Å². The van der Waals surface area contributed by atoms with Gasteiger partial charge in [-0.15, -0.1) is 0 Å². The second-order valence-electron chi connectivity index (χ2n) is 5.91. The van der Waals surface area contributed by atoms with Crippen molar-refractivity contribution < 1.29 is 27.6 Å². The minimum atomic E-state index is -0.144. The summed E-state index contributed by atoms with van der Waals surface area (Å²) in [6.45, 7) is 0.950. The van der Waals surface area contributed by atoms with Gasteiger partial charge in [0, 0.05) is 0 Å². The summed E-state index contributed by atoms with van der Waals surface area (Å²) in [7, 11) is -0.199. The average molecular weight is 394 g/mol. The van der Waals surface area contributed by atoms with E-state index in [0.717, 1.165) is 11.5 Å². The number of ether oxygens (including phenoxy) is 2. The molecule has 26 heavy (non-hydrogen) atoms.